The predicted molar refractivity (Wildman–Crippen MR) is 83.6 cm³/mol. The van der Waals surface area contributed by atoms with E-state index in [-0.39, 0.29) is 17.9 Å². The van der Waals surface area contributed by atoms with Crippen molar-refractivity contribution in [1.82, 2.24) is 15.1 Å². The Morgan fingerprint density at radius 1 is 1.52 bits per heavy atom. The number of carbonyl (C=O) groups excluding carboxylic acids is 1. The second kappa shape index (κ2) is 5.77. The van der Waals surface area contributed by atoms with E-state index in [1.54, 1.807) is 0 Å². The van der Waals surface area contributed by atoms with E-state index in [9.17, 15) is 9.90 Å². The molecule has 2 aromatic heterocycles. The Balaban J connectivity index is 1.67. The van der Waals surface area contributed by atoms with Gasteiger partial charge >= 0.3 is 0 Å². The quantitative estimate of drug-likeness (QED) is 0.913. The maximum Gasteiger partial charge on any atom is 0.261 e. The van der Waals surface area contributed by atoms with E-state index in [0.717, 1.165) is 41.6 Å². The first-order valence-electron chi connectivity index (χ1n) is 7.45. The molecule has 1 aliphatic rings. The minimum absolute atomic E-state index is 0.0478. The van der Waals surface area contributed by atoms with Gasteiger partial charge in [-0.25, -0.2) is 0 Å². The Hall–Kier alpha value is -1.40. The first-order chi connectivity index (χ1) is 10.1. The average molecular weight is 307 g/mol. The Bertz CT molecular complexity index is 627. The second-order valence-electron chi connectivity index (χ2n) is 5.86. The number of aliphatic hydroxyl groups excluding tert-OH is 1. The van der Waals surface area contributed by atoms with Crippen LogP contribution in [-0.2, 0) is 7.05 Å². The number of fused-ring (bicyclic) bond motifs is 1. The highest BCUT2D eigenvalue weighted by atomic mass is 32.1. The van der Waals surface area contributed by atoms with Crippen molar-refractivity contribution in [2.24, 2.45) is 13.0 Å². The highest BCUT2D eigenvalue weighted by molar-refractivity contribution is 7.20. The molecule has 2 heterocycles. The van der Waals surface area contributed by atoms with Gasteiger partial charge in [0.1, 0.15) is 4.83 Å². The van der Waals surface area contributed by atoms with Gasteiger partial charge in [-0.05, 0) is 25.8 Å². The molecule has 0 spiro atoms. The number of thiophene rings is 1. The normalized spacial score (nSPS) is 22.6. The number of nitrogens with one attached hydrogen (secondary N) is 1. The van der Waals surface area contributed by atoms with E-state index in [0.29, 0.717) is 11.4 Å². The van der Waals surface area contributed by atoms with E-state index in [1.807, 2.05) is 24.7 Å². The summed E-state index contributed by atoms with van der Waals surface area (Å²) in [4.78, 5) is 14.0. The molecule has 0 bridgehead atoms. The molecule has 1 fully saturated rings. The van der Waals surface area contributed by atoms with Crippen LogP contribution < -0.4 is 5.32 Å². The fourth-order valence-corrected chi connectivity index (χ4v) is 4.09. The number of hydrogen-bond donors (Lipinski definition) is 2. The largest absolute Gasteiger partial charge is 0.393 e. The van der Waals surface area contributed by atoms with Crippen LogP contribution in [0, 0.1) is 12.8 Å². The molecule has 6 heteroatoms. The number of aliphatic hydroxyl groups is 1. The number of hydrogen-bond acceptors (Lipinski definition) is 4. The van der Waals surface area contributed by atoms with Gasteiger partial charge in [0.15, 0.2) is 0 Å². The van der Waals surface area contributed by atoms with Gasteiger partial charge in [-0.1, -0.05) is 12.8 Å². The molecule has 5 nitrogen and oxygen atoms in total. The minimum Gasteiger partial charge on any atom is -0.393 e. The molecule has 0 aromatic carbocycles. The maximum atomic E-state index is 12.3. The molecule has 1 saturated carbocycles. The summed E-state index contributed by atoms with van der Waals surface area (Å²) >= 11 is 1.47. The van der Waals surface area contributed by atoms with Gasteiger partial charge in [-0.3, -0.25) is 9.48 Å². The average Bonchev–Trinajstić information content (AvgIpc) is 3.00. The van der Waals surface area contributed by atoms with Gasteiger partial charge in [0.25, 0.3) is 5.91 Å². The third-order valence-corrected chi connectivity index (χ3v) is 5.51. The Morgan fingerprint density at radius 3 is 3.00 bits per heavy atom. The SMILES string of the molecule is Cc1nn(C)c2sc(C(=O)NCC3CCCCC3O)cc12. The topological polar surface area (TPSA) is 67.2 Å². The molecule has 0 saturated heterocycles. The highest BCUT2D eigenvalue weighted by Crippen LogP contribution is 2.28. The number of nitrogens with zero attached hydrogens (tertiary/aromatic N) is 2. The summed E-state index contributed by atoms with van der Waals surface area (Å²) in [6.45, 7) is 2.51. The van der Waals surface area contributed by atoms with E-state index in [1.165, 1.54) is 11.3 Å². The number of aromatic nitrogens is 2. The van der Waals surface area contributed by atoms with Crippen molar-refractivity contribution in [3.8, 4) is 0 Å². The number of aryl methyl sites for hydroxylation is 2. The lowest BCUT2D eigenvalue weighted by molar-refractivity contribution is 0.0664. The number of carbonyl (C=O) groups is 1. The predicted octanol–water partition coefficient (Wildman–Crippen LogP) is 2.22. The smallest absolute Gasteiger partial charge is 0.261 e. The molecular formula is C15H21N3O2S. The Labute approximate surface area is 128 Å². The number of rotatable bonds is 3. The van der Waals surface area contributed by atoms with E-state index in [2.05, 4.69) is 10.4 Å². The fraction of sp³-hybridized carbons (Fsp3) is 0.600. The van der Waals surface area contributed by atoms with Crippen LogP contribution >= 0.6 is 11.3 Å². The Kier molecular flexibility index (Phi) is 3.99. The third kappa shape index (κ3) is 2.82. The summed E-state index contributed by atoms with van der Waals surface area (Å²) in [5.41, 5.74) is 0.950. The molecular weight excluding hydrogens is 286 g/mol. The summed E-state index contributed by atoms with van der Waals surface area (Å²) in [6.07, 6.45) is 3.82. The Morgan fingerprint density at radius 2 is 2.29 bits per heavy atom. The monoisotopic (exact) mass is 307 g/mol. The molecule has 0 aliphatic heterocycles. The van der Waals surface area contributed by atoms with Gasteiger partial charge in [-0.15, -0.1) is 11.3 Å². The molecule has 1 amide bonds. The lowest BCUT2D eigenvalue weighted by Gasteiger charge is -2.27. The van der Waals surface area contributed by atoms with E-state index < -0.39 is 0 Å². The number of amides is 1. The van der Waals surface area contributed by atoms with Gasteiger partial charge < -0.3 is 10.4 Å². The minimum atomic E-state index is -0.270. The molecule has 21 heavy (non-hydrogen) atoms. The van der Waals surface area contributed by atoms with Gasteiger partial charge in [0, 0.05) is 24.9 Å². The molecule has 114 valence electrons. The molecule has 1 aliphatic carbocycles. The van der Waals surface area contributed by atoms with Gasteiger partial charge in [-0.2, -0.15) is 5.10 Å². The first-order valence-corrected chi connectivity index (χ1v) is 8.27. The van der Waals surface area contributed by atoms with Gasteiger partial charge in [0.05, 0.1) is 16.7 Å². The van der Waals surface area contributed by atoms with Crippen molar-refractivity contribution in [2.45, 2.75) is 38.7 Å². The lowest BCUT2D eigenvalue weighted by Crippen LogP contribution is -2.36. The van der Waals surface area contributed by atoms with Crippen LogP contribution in [-0.4, -0.2) is 33.4 Å². The van der Waals surface area contributed by atoms with Crippen LogP contribution in [0.15, 0.2) is 6.07 Å². The van der Waals surface area contributed by atoms with Crippen molar-refractivity contribution in [3.63, 3.8) is 0 Å². The van der Waals surface area contributed by atoms with Crippen molar-refractivity contribution in [2.75, 3.05) is 6.54 Å². The van der Waals surface area contributed by atoms with Crippen LogP contribution in [0.3, 0.4) is 0 Å². The zero-order valence-electron chi connectivity index (χ0n) is 12.4. The van der Waals surface area contributed by atoms with E-state index >= 15 is 0 Å². The van der Waals surface area contributed by atoms with Crippen LogP contribution in [0.2, 0.25) is 0 Å². The van der Waals surface area contributed by atoms with E-state index in [4.69, 9.17) is 0 Å². The van der Waals surface area contributed by atoms with Crippen molar-refractivity contribution >= 4 is 27.5 Å². The summed E-state index contributed by atoms with van der Waals surface area (Å²) < 4.78 is 1.82. The molecule has 3 rings (SSSR count). The van der Waals surface area contributed by atoms with Crippen molar-refractivity contribution in [1.29, 1.82) is 0 Å². The maximum absolute atomic E-state index is 12.3. The van der Waals surface area contributed by atoms with Gasteiger partial charge in [0.2, 0.25) is 0 Å². The third-order valence-electron chi connectivity index (χ3n) is 4.31. The molecule has 0 radical (unpaired) electrons. The van der Waals surface area contributed by atoms with Crippen LogP contribution in [0.4, 0.5) is 0 Å². The zero-order valence-corrected chi connectivity index (χ0v) is 13.2. The summed E-state index contributed by atoms with van der Waals surface area (Å²) in [5.74, 6) is 0.147. The first kappa shape index (κ1) is 14.5. The van der Waals surface area contributed by atoms with Crippen molar-refractivity contribution < 1.29 is 9.90 Å². The summed E-state index contributed by atoms with van der Waals surface area (Å²) in [6, 6.07) is 1.91. The molecule has 2 unspecified atom stereocenters. The second-order valence-corrected chi connectivity index (χ2v) is 6.89. The van der Waals surface area contributed by atoms with Crippen LogP contribution in [0.5, 0.6) is 0 Å². The zero-order chi connectivity index (χ0) is 15.0. The molecule has 2 aromatic rings. The fourth-order valence-electron chi connectivity index (χ4n) is 3.05. The lowest BCUT2D eigenvalue weighted by atomic mass is 9.86. The van der Waals surface area contributed by atoms with Crippen molar-refractivity contribution in [3.05, 3.63) is 16.6 Å². The molecule has 2 atom stereocenters. The molecule has 2 N–H and O–H groups in total. The van der Waals surface area contributed by atoms with Crippen LogP contribution in [0.1, 0.15) is 41.0 Å². The summed E-state index contributed by atoms with van der Waals surface area (Å²) in [5, 5.41) is 18.3. The van der Waals surface area contributed by atoms with Crippen LogP contribution in [0.25, 0.3) is 10.2 Å². The standard InChI is InChI=1S/C15H21N3O2S/c1-9-11-7-13(21-15(11)18(2)17-9)14(20)16-8-10-5-3-4-6-12(10)19/h7,10,12,19H,3-6,8H2,1-2H3,(H,16,20). The summed E-state index contributed by atoms with van der Waals surface area (Å²) in [7, 11) is 1.89. The highest BCUT2D eigenvalue weighted by Gasteiger charge is 2.24.